The molecule has 7 nitrogen and oxygen atoms in total. The molecule has 0 spiro atoms. The smallest absolute Gasteiger partial charge is 0.309 e. The van der Waals surface area contributed by atoms with Crippen molar-refractivity contribution in [2.45, 2.75) is 49.7 Å². The summed E-state index contributed by atoms with van der Waals surface area (Å²) in [6, 6.07) is 12.5. The molecule has 1 fully saturated rings. The summed E-state index contributed by atoms with van der Waals surface area (Å²) in [5.41, 5.74) is 2.45. The average molecular weight is 499 g/mol. The van der Waals surface area contributed by atoms with E-state index in [1.807, 2.05) is 18.4 Å². The van der Waals surface area contributed by atoms with Gasteiger partial charge in [0.05, 0.1) is 28.8 Å². The van der Waals surface area contributed by atoms with Crippen molar-refractivity contribution >= 4 is 22.0 Å². The van der Waals surface area contributed by atoms with Crippen molar-refractivity contribution in [2.75, 3.05) is 6.26 Å². The lowest BCUT2D eigenvalue weighted by atomic mass is 10.0. The number of aliphatic hydroxyl groups is 1. The highest BCUT2D eigenvalue weighted by atomic mass is 32.2. The summed E-state index contributed by atoms with van der Waals surface area (Å²) >= 11 is 0. The Kier molecular flexibility index (Phi) is 6.91. The number of imidazole rings is 1. The maximum atomic E-state index is 13.7. The maximum absolute atomic E-state index is 13.7. The molecule has 0 saturated carbocycles. The number of halogens is 1. The van der Waals surface area contributed by atoms with Gasteiger partial charge in [0.25, 0.3) is 0 Å². The number of sulfone groups is 1. The Hall–Kier alpha value is -3.30. The molecule has 1 N–H and O–H groups in total. The third kappa shape index (κ3) is 5.52. The molecule has 184 valence electrons. The van der Waals surface area contributed by atoms with E-state index in [9.17, 15) is 22.7 Å². The summed E-state index contributed by atoms with van der Waals surface area (Å²) in [5, 5.41) is 9.95. The summed E-state index contributed by atoms with van der Waals surface area (Å²) < 4.78 is 45.3. The molecule has 0 bridgehead atoms. The van der Waals surface area contributed by atoms with Gasteiger partial charge in [-0.3, -0.25) is 4.79 Å². The first kappa shape index (κ1) is 24.8. The number of ether oxygens (including phenoxy) is 1. The minimum atomic E-state index is -3.44. The number of carbonyl (C=O) groups excluding carboxylic acids is 1. The number of cyclic esters (lactones) is 1. The molecular weight excluding hydrogens is 471 g/mol. The Morgan fingerprint density at radius 2 is 1.89 bits per heavy atom. The van der Waals surface area contributed by atoms with E-state index in [1.54, 1.807) is 42.6 Å². The van der Waals surface area contributed by atoms with E-state index in [1.165, 1.54) is 18.2 Å². The fourth-order valence-electron chi connectivity index (χ4n) is 4.08. The van der Waals surface area contributed by atoms with Gasteiger partial charge in [0, 0.05) is 35.9 Å². The fourth-order valence-corrected chi connectivity index (χ4v) is 4.74. The first-order valence-corrected chi connectivity index (χ1v) is 13.2. The second-order valence-corrected chi connectivity index (χ2v) is 11.0. The minimum absolute atomic E-state index is 0.0230. The molecule has 0 amide bonds. The molecule has 0 aliphatic carbocycles. The zero-order valence-electron chi connectivity index (χ0n) is 19.7. The highest BCUT2D eigenvalue weighted by Crippen LogP contribution is 2.36. The van der Waals surface area contributed by atoms with Crippen LogP contribution in [-0.4, -0.2) is 47.5 Å². The Bertz CT molecular complexity index is 1380. The number of aromatic nitrogens is 2. The van der Waals surface area contributed by atoms with E-state index in [-0.39, 0.29) is 29.5 Å². The van der Waals surface area contributed by atoms with Crippen LogP contribution in [0.15, 0.2) is 59.5 Å². The van der Waals surface area contributed by atoms with Crippen molar-refractivity contribution in [1.82, 2.24) is 9.55 Å². The lowest BCUT2D eigenvalue weighted by Gasteiger charge is -2.23. The summed E-state index contributed by atoms with van der Waals surface area (Å²) in [5.74, 6) is -0.193. The summed E-state index contributed by atoms with van der Waals surface area (Å²) in [7, 11) is -3.44. The number of esters is 1. The minimum Gasteiger partial charge on any atom is -0.458 e. The number of benzene rings is 2. The van der Waals surface area contributed by atoms with Gasteiger partial charge >= 0.3 is 5.97 Å². The highest BCUT2D eigenvalue weighted by molar-refractivity contribution is 7.90. The number of aliphatic hydroxyl groups excluding tert-OH is 1. The topological polar surface area (TPSA) is 98.5 Å². The third-order valence-corrected chi connectivity index (χ3v) is 6.86. The second kappa shape index (κ2) is 9.75. The van der Waals surface area contributed by atoms with E-state index in [2.05, 4.69) is 0 Å². The lowest BCUT2D eigenvalue weighted by molar-refractivity contribution is -0.156. The molecule has 1 saturated heterocycles. The van der Waals surface area contributed by atoms with Gasteiger partial charge in [0.2, 0.25) is 0 Å². The Morgan fingerprint density at radius 3 is 2.51 bits per heavy atom. The lowest BCUT2D eigenvalue weighted by Crippen LogP contribution is -2.31. The highest BCUT2D eigenvalue weighted by Gasteiger charge is 2.26. The molecule has 4 rings (SSSR count). The van der Waals surface area contributed by atoms with Crippen LogP contribution in [0.1, 0.15) is 38.4 Å². The molecule has 0 unspecified atom stereocenters. The van der Waals surface area contributed by atoms with Crippen LogP contribution in [0.5, 0.6) is 0 Å². The van der Waals surface area contributed by atoms with E-state index in [0.717, 1.165) is 6.26 Å². The Morgan fingerprint density at radius 1 is 1.17 bits per heavy atom. The predicted octanol–water partition coefficient (Wildman–Crippen LogP) is 4.42. The molecule has 1 aromatic heterocycles. The summed E-state index contributed by atoms with van der Waals surface area (Å²) in [4.78, 5) is 16.8. The predicted molar refractivity (Wildman–Crippen MR) is 131 cm³/mol. The third-order valence-electron chi connectivity index (χ3n) is 5.75. The van der Waals surface area contributed by atoms with Gasteiger partial charge < -0.3 is 14.4 Å². The second-order valence-electron chi connectivity index (χ2n) is 8.96. The van der Waals surface area contributed by atoms with E-state index < -0.39 is 28.0 Å². The number of hydrogen-bond acceptors (Lipinski definition) is 6. The quantitative estimate of drug-likeness (QED) is 0.505. The van der Waals surface area contributed by atoms with Gasteiger partial charge in [-0.15, -0.1) is 0 Å². The van der Waals surface area contributed by atoms with Crippen molar-refractivity contribution in [3.8, 4) is 22.5 Å². The fraction of sp³-hybridized carbons (Fsp3) is 0.308. The monoisotopic (exact) mass is 498 g/mol. The van der Waals surface area contributed by atoms with Crippen molar-refractivity contribution < 1.29 is 27.4 Å². The van der Waals surface area contributed by atoms with Crippen LogP contribution in [0, 0.1) is 5.82 Å². The molecule has 35 heavy (non-hydrogen) atoms. The van der Waals surface area contributed by atoms with Crippen LogP contribution in [0.4, 0.5) is 4.39 Å². The normalized spacial score (nSPS) is 18.9. The van der Waals surface area contributed by atoms with E-state index in [4.69, 9.17) is 9.72 Å². The molecule has 1 aliphatic rings. The number of carbonyl (C=O) groups is 1. The van der Waals surface area contributed by atoms with Crippen LogP contribution in [0.2, 0.25) is 0 Å². The van der Waals surface area contributed by atoms with Crippen LogP contribution in [0.3, 0.4) is 0 Å². The average Bonchev–Trinajstić information content (AvgIpc) is 3.17. The SMILES string of the molecule is CC(C)c1nc(-c2cccc(S(C)(=O)=O)c2)c(-c2ccc(F)cc2)n1/C=C/[C@@H]1C[C@@H](O)CC(=O)O1. The van der Waals surface area contributed by atoms with Gasteiger partial charge in [-0.25, -0.2) is 17.8 Å². The van der Waals surface area contributed by atoms with Gasteiger partial charge in [-0.2, -0.15) is 0 Å². The number of nitrogens with zero attached hydrogens (tertiary/aromatic N) is 2. The molecule has 2 aromatic carbocycles. The zero-order valence-corrected chi connectivity index (χ0v) is 20.5. The largest absolute Gasteiger partial charge is 0.458 e. The van der Waals surface area contributed by atoms with Crippen LogP contribution in [-0.2, 0) is 19.4 Å². The van der Waals surface area contributed by atoms with Crippen molar-refractivity contribution in [1.29, 1.82) is 0 Å². The van der Waals surface area contributed by atoms with Crippen molar-refractivity contribution in [3.63, 3.8) is 0 Å². The van der Waals surface area contributed by atoms with E-state index in [0.29, 0.717) is 28.3 Å². The Balaban J connectivity index is 1.91. The molecule has 2 heterocycles. The standard InChI is InChI=1S/C26H27FN2O5S/c1-16(2)26-28-24(18-5-4-6-22(13-18)35(3,32)33)25(17-7-9-19(27)10-8-17)29(26)12-11-21-14-20(30)15-23(31)34-21/h4-13,16,20-21,30H,14-15H2,1-3H3/b12-11+/t20-,21-/m1/s1. The van der Waals surface area contributed by atoms with Crippen LogP contribution >= 0.6 is 0 Å². The maximum Gasteiger partial charge on any atom is 0.309 e. The van der Waals surface area contributed by atoms with Crippen LogP contribution < -0.4 is 0 Å². The molecule has 3 aromatic rings. The van der Waals surface area contributed by atoms with Gasteiger partial charge in [-0.1, -0.05) is 26.0 Å². The number of hydrogen-bond donors (Lipinski definition) is 1. The molecular formula is C26H27FN2O5S. The van der Waals surface area contributed by atoms with Crippen molar-refractivity contribution in [2.24, 2.45) is 0 Å². The van der Waals surface area contributed by atoms with Gasteiger partial charge in [0.1, 0.15) is 17.7 Å². The number of rotatable bonds is 6. The first-order valence-electron chi connectivity index (χ1n) is 11.3. The van der Waals surface area contributed by atoms with E-state index >= 15 is 0 Å². The Labute approximate surface area is 203 Å². The summed E-state index contributed by atoms with van der Waals surface area (Å²) in [6.07, 6.45) is 3.44. The van der Waals surface area contributed by atoms with Gasteiger partial charge in [0.15, 0.2) is 9.84 Å². The molecule has 0 radical (unpaired) electrons. The molecule has 9 heteroatoms. The first-order chi connectivity index (χ1) is 16.5. The molecule has 2 atom stereocenters. The summed E-state index contributed by atoms with van der Waals surface area (Å²) in [6.45, 7) is 3.95. The molecule has 1 aliphatic heterocycles. The van der Waals surface area contributed by atoms with Crippen molar-refractivity contribution in [3.05, 3.63) is 66.2 Å². The van der Waals surface area contributed by atoms with Crippen LogP contribution in [0.25, 0.3) is 28.7 Å². The zero-order chi connectivity index (χ0) is 25.3. The van der Waals surface area contributed by atoms with Gasteiger partial charge in [-0.05, 0) is 42.5 Å².